The maximum atomic E-state index is 13.1. The molecule has 2 aromatic carbocycles. The smallest absolute Gasteiger partial charge is 0.166 e. The van der Waals surface area contributed by atoms with Crippen molar-refractivity contribution in [1.82, 2.24) is 0 Å². The van der Waals surface area contributed by atoms with Crippen molar-refractivity contribution in [2.24, 2.45) is 0 Å². The normalized spacial score (nSPS) is 11.8. The van der Waals surface area contributed by atoms with Gasteiger partial charge in [-0.25, -0.2) is 0 Å². The minimum absolute atomic E-state index is 0.0211. The molecule has 0 bridgehead atoms. The molecule has 0 aromatic heterocycles. The first kappa shape index (κ1) is 16.9. The van der Waals surface area contributed by atoms with Gasteiger partial charge in [0.2, 0.25) is 0 Å². The predicted octanol–water partition coefficient (Wildman–Crippen LogP) is 7.23. The van der Waals surface area contributed by atoms with Crippen LogP contribution in [-0.2, 0) is 11.5 Å². The van der Waals surface area contributed by atoms with Gasteiger partial charge < -0.3 is 0 Å². The van der Waals surface area contributed by atoms with E-state index in [1.807, 2.05) is 0 Å². The van der Waals surface area contributed by atoms with E-state index in [1.54, 1.807) is 6.07 Å². The molecule has 21 heavy (non-hydrogen) atoms. The summed E-state index contributed by atoms with van der Waals surface area (Å²) in [5, 5.41) is 0.747. The Bertz CT molecular complexity index is 661. The van der Waals surface area contributed by atoms with Crippen LogP contribution in [0.3, 0.4) is 0 Å². The maximum Gasteiger partial charge on any atom is 0.416 e. The lowest BCUT2D eigenvalue weighted by molar-refractivity contribution is -0.138. The van der Waals surface area contributed by atoms with Crippen LogP contribution in [-0.4, -0.2) is 0 Å². The summed E-state index contributed by atoms with van der Waals surface area (Å²) in [7, 11) is 0. The Hall–Kier alpha value is -0.420. The first-order chi connectivity index (χ1) is 9.75. The first-order valence-electron chi connectivity index (χ1n) is 5.65. The lowest BCUT2D eigenvalue weighted by atomic mass is 9.96. The largest absolute Gasteiger partial charge is 0.416 e. The molecule has 0 saturated heterocycles. The Kier molecular flexibility index (Phi) is 5.14. The van der Waals surface area contributed by atoms with Crippen molar-refractivity contribution in [3.8, 4) is 11.1 Å². The third kappa shape index (κ3) is 3.50. The van der Waals surface area contributed by atoms with Gasteiger partial charge in [-0.1, -0.05) is 62.9 Å². The highest BCUT2D eigenvalue weighted by molar-refractivity contribution is 9.08. The summed E-state index contributed by atoms with van der Waals surface area (Å²) in [4.78, 5) is 0. The van der Waals surface area contributed by atoms with Gasteiger partial charge in [0.1, 0.15) is 0 Å². The van der Waals surface area contributed by atoms with Crippen LogP contribution in [0.4, 0.5) is 13.2 Å². The van der Waals surface area contributed by atoms with E-state index in [4.69, 9.17) is 34.8 Å². The molecule has 0 nitrogen and oxygen atoms in total. The summed E-state index contributed by atoms with van der Waals surface area (Å²) >= 11 is 21.1. The third-order valence-electron chi connectivity index (χ3n) is 2.89. The van der Waals surface area contributed by atoms with Crippen LogP contribution < -0.4 is 0 Å². The molecule has 2 rings (SSSR count). The zero-order valence-corrected chi connectivity index (χ0v) is 14.1. The lowest BCUT2D eigenvalue weighted by Crippen LogP contribution is -2.09. The molecule has 0 unspecified atom stereocenters. The van der Waals surface area contributed by atoms with Crippen molar-refractivity contribution in [2.75, 3.05) is 0 Å². The zero-order chi connectivity index (χ0) is 15.8. The molecule has 0 aliphatic rings. The number of benzene rings is 2. The Morgan fingerprint density at radius 3 is 2.05 bits per heavy atom. The second-order valence-electron chi connectivity index (χ2n) is 4.21. The van der Waals surface area contributed by atoms with Gasteiger partial charge in [0.05, 0.1) is 15.6 Å². The van der Waals surface area contributed by atoms with E-state index in [2.05, 4.69) is 15.9 Å². The SMILES string of the molecule is FC(F)(F)c1cccc(-c2c(Cl)cc(Cl)cc2Cl)c1CBr. The Morgan fingerprint density at radius 2 is 1.57 bits per heavy atom. The van der Waals surface area contributed by atoms with Crippen molar-refractivity contribution < 1.29 is 13.2 Å². The molecule has 0 aliphatic heterocycles. The summed E-state index contributed by atoms with van der Waals surface area (Å²) < 4.78 is 39.3. The second kappa shape index (κ2) is 6.37. The van der Waals surface area contributed by atoms with Crippen LogP contribution in [0.2, 0.25) is 15.1 Å². The summed E-state index contributed by atoms with van der Waals surface area (Å²) in [6.45, 7) is 0. The van der Waals surface area contributed by atoms with Crippen LogP contribution in [0.5, 0.6) is 0 Å². The van der Waals surface area contributed by atoms with Gasteiger partial charge in [0.25, 0.3) is 0 Å². The van der Waals surface area contributed by atoms with Gasteiger partial charge in [-0.15, -0.1) is 0 Å². The Balaban J connectivity index is 2.77. The first-order valence-corrected chi connectivity index (χ1v) is 7.91. The molecule has 0 N–H and O–H groups in total. The van der Waals surface area contributed by atoms with Crippen molar-refractivity contribution in [3.63, 3.8) is 0 Å². The fraction of sp³-hybridized carbons (Fsp3) is 0.143. The van der Waals surface area contributed by atoms with Gasteiger partial charge >= 0.3 is 6.18 Å². The molecule has 112 valence electrons. The van der Waals surface area contributed by atoms with Crippen LogP contribution in [0.25, 0.3) is 11.1 Å². The molecule has 7 heteroatoms. The summed E-state index contributed by atoms with van der Waals surface area (Å²) in [5.74, 6) is 0. The van der Waals surface area contributed by atoms with Crippen molar-refractivity contribution in [1.29, 1.82) is 0 Å². The molecular formula is C14H7BrCl3F3. The molecule has 0 spiro atoms. The standard InChI is InChI=1S/C14H7BrCl3F3/c15-6-9-8(2-1-3-10(9)14(19,20)21)13-11(17)4-7(16)5-12(13)18/h1-5H,6H2. The summed E-state index contributed by atoms with van der Waals surface area (Å²) in [6, 6.07) is 6.79. The Labute approximate surface area is 142 Å². The number of hydrogen-bond donors (Lipinski definition) is 0. The molecule has 0 aliphatic carbocycles. The highest BCUT2D eigenvalue weighted by atomic mass is 79.9. The summed E-state index contributed by atoms with van der Waals surface area (Å²) in [5.41, 5.74) is 0.0201. The zero-order valence-electron chi connectivity index (χ0n) is 10.2. The molecule has 0 radical (unpaired) electrons. The lowest BCUT2D eigenvalue weighted by Gasteiger charge is -2.17. The molecule has 0 heterocycles. The molecular weight excluding hydrogens is 411 g/mol. The highest BCUT2D eigenvalue weighted by Crippen LogP contribution is 2.43. The van der Waals surface area contributed by atoms with E-state index >= 15 is 0 Å². The minimum Gasteiger partial charge on any atom is -0.166 e. The summed E-state index contributed by atoms with van der Waals surface area (Å²) in [6.07, 6.45) is -4.45. The molecule has 0 fully saturated rings. The van der Waals surface area contributed by atoms with Gasteiger partial charge in [0, 0.05) is 15.9 Å². The molecule has 0 saturated carbocycles. The van der Waals surface area contributed by atoms with E-state index < -0.39 is 11.7 Å². The van der Waals surface area contributed by atoms with Crippen molar-refractivity contribution >= 4 is 50.7 Å². The number of alkyl halides is 4. The van der Waals surface area contributed by atoms with Gasteiger partial charge in [-0.05, 0) is 29.3 Å². The minimum atomic E-state index is -4.45. The molecule has 0 atom stereocenters. The van der Waals surface area contributed by atoms with Crippen LogP contribution >= 0.6 is 50.7 Å². The maximum absolute atomic E-state index is 13.1. The molecule has 0 amide bonds. The van der Waals surface area contributed by atoms with Gasteiger partial charge in [0.15, 0.2) is 0 Å². The number of hydrogen-bond acceptors (Lipinski definition) is 0. The topological polar surface area (TPSA) is 0 Å². The average Bonchev–Trinajstić information content (AvgIpc) is 2.36. The predicted molar refractivity (Wildman–Crippen MR) is 84.5 cm³/mol. The van der Waals surface area contributed by atoms with Crippen LogP contribution in [0.1, 0.15) is 11.1 Å². The van der Waals surface area contributed by atoms with E-state index in [0.717, 1.165) is 6.07 Å². The quantitative estimate of drug-likeness (QED) is 0.452. The van der Waals surface area contributed by atoms with Crippen LogP contribution in [0, 0.1) is 0 Å². The fourth-order valence-corrected chi connectivity index (χ4v) is 3.65. The number of rotatable bonds is 2. The highest BCUT2D eigenvalue weighted by Gasteiger charge is 2.34. The number of halogens is 7. The molecule has 2 aromatic rings. The third-order valence-corrected chi connectivity index (χ3v) is 4.27. The van der Waals surface area contributed by atoms with Crippen LogP contribution in [0.15, 0.2) is 30.3 Å². The van der Waals surface area contributed by atoms with E-state index in [0.29, 0.717) is 16.1 Å². The monoisotopic (exact) mass is 416 g/mol. The van der Waals surface area contributed by atoms with E-state index in [1.165, 1.54) is 18.2 Å². The van der Waals surface area contributed by atoms with Gasteiger partial charge in [-0.2, -0.15) is 13.2 Å². The second-order valence-corrected chi connectivity index (χ2v) is 6.02. The average molecular weight is 418 g/mol. The fourth-order valence-electron chi connectivity index (χ4n) is 2.03. The van der Waals surface area contributed by atoms with Crippen molar-refractivity contribution in [2.45, 2.75) is 11.5 Å². The van der Waals surface area contributed by atoms with E-state index in [-0.39, 0.29) is 20.9 Å². The Morgan fingerprint density at radius 1 is 1.00 bits per heavy atom. The van der Waals surface area contributed by atoms with Gasteiger partial charge in [-0.3, -0.25) is 0 Å². The van der Waals surface area contributed by atoms with Crippen molar-refractivity contribution in [3.05, 3.63) is 56.5 Å². The van der Waals surface area contributed by atoms with E-state index in [9.17, 15) is 13.2 Å².